The average molecular weight is 390 g/mol. The highest BCUT2D eigenvalue weighted by molar-refractivity contribution is 14.1. The Kier molecular flexibility index (Phi) is 4.91. The van der Waals surface area contributed by atoms with Crippen LogP contribution in [0.3, 0.4) is 0 Å². The molecule has 6 heteroatoms. The van der Waals surface area contributed by atoms with Crippen molar-refractivity contribution in [1.82, 2.24) is 5.32 Å². The van der Waals surface area contributed by atoms with Crippen LogP contribution in [0.15, 0.2) is 22.7 Å². The minimum atomic E-state index is -2.53. The summed E-state index contributed by atoms with van der Waals surface area (Å²) in [7, 11) is 0. The Bertz CT molecular complexity index is 373. The van der Waals surface area contributed by atoms with Crippen molar-refractivity contribution in [3.8, 4) is 0 Å². The lowest BCUT2D eigenvalue weighted by Crippen LogP contribution is -2.29. The summed E-state index contributed by atoms with van der Waals surface area (Å²) < 4.78 is 25.2. The molecular formula is C9H7BrF2INO. The van der Waals surface area contributed by atoms with Crippen LogP contribution in [0.4, 0.5) is 8.78 Å². The predicted molar refractivity (Wildman–Crippen MR) is 65.2 cm³/mol. The zero-order valence-corrected chi connectivity index (χ0v) is 11.2. The second kappa shape index (κ2) is 5.74. The van der Waals surface area contributed by atoms with Gasteiger partial charge in [-0.05, 0) is 40.8 Å². The van der Waals surface area contributed by atoms with Gasteiger partial charge in [0.25, 0.3) is 12.3 Å². The van der Waals surface area contributed by atoms with E-state index in [1.54, 1.807) is 18.2 Å². The van der Waals surface area contributed by atoms with E-state index in [1.807, 2.05) is 22.6 Å². The van der Waals surface area contributed by atoms with Gasteiger partial charge < -0.3 is 5.32 Å². The van der Waals surface area contributed by atoms with Crippen molar-refractivity contribution in [3.63, 3.8) is 0 Å². The molecule has 0 saturated heterocycles. The Hall–Kier alpha value is -0.240. The first-order valence-corrected chi connectivity index (χ1v) is 5.89. The van der Waals surface area contributed by atoms with Gasteiger partial charge in [-0.3, -0.25) is 4.79 Å². The molecule has 0 aromatic heterocycles. The maximum absolute atomic E-state index is 11.9. The van der Waals surface area contributed by atoms with Crippen LogP contribution in [-0.2, 0) is 0 Å². The summed E-state index contributed by atoms with van der Waals surface area (Å²) in [6, 6.07) is 5.12. The largest absolute Gasteiger partial charge is 0.346 e. The highest BCUT2D eigenvalue weighted by Gasteiger charge is 2.12. The summed E-state index contributed by atoms with van der Waals surface area (Å²) in [5, 5.41) is 2.15. The second-order valence-corrected chi connectivity index (χ2v) is 4.80. The van der Waals surface area contributed by atoms with Crippen LogP contribution in [0.1, 0.15) is 10.4 Å². The van der Waals surface area contributed by atoms with Crippen LogP contribution in [-0.4, -0.2) is 18.9 Å². The molecule has 82 valence electrons. The molecule has 0 aliphatic carbocycles. The van der Waals surface area contributed by atoms with Gasteiger partial charge in [-0.2, -0.15) is 0 Å². The fourth-order valence-electron chi connectivity index (χ4n) is 0.937. The number of carbonyl (C=O) groups is 1. The first kappa shape index (κ1) is 12.8. The molecule has 1 aromatic carbocycles. The molecule has 0 spiro atoms. The summed E-state index contributed by atoms with van der Waals surface area (Å²) in [5.41, 5.74) is 0.394. The van der Waals surface area contributed by atoms with Crippen molar-refractivity contribution < 1.29 is 13.6 Å². The van der Waals surface area contributed by atoms with E-state index in [2.05, 4.69) is 21.2 Å². The number of hydrogen-bond acceptors (Lipinski definition) is 1. The lowest BCUT2D eigenvalue weighted by molar-refractivity contribution is 0.0891. The zero-order chi connectivity index (χ0) is 11.4. The van der Waals surface area contributed by atoms with Crippen molar-refractivity contribution in [2.24, 2.45) is 0 Å². The molecule has 1 amide bonds. The Balaban J connectivity index is 2.77. The number of rotatable bonds is 3. The van der Waals surface area contributed by atoms with E-state index in [1.165, 1.54) is 0 Å². The third-order valence-electron chi connectivity index (χ3n) is 1.59. The molecule has 1 rings (SSSR count). The quantitative estimate of drug-likeness (QED) is 0.791. The number of nitrogens with one attached hydrogen (secondary N) is 1. The first-order chi connectivity index (χ1) is 7.00. The molecule has 1 aromatic rings. The van der Waals surface area contributed by atoms with Crippen molar-refractivity contribution in [2.75, 3.05) is 6.54 Å². The van der Waals surface area contributed by atoms with Crippen LogP contribution in [0.2, 0.25) is 0 Å². The Morgan fingerprint density at radius 1 is 1.53 bits per heavy atom. The monoisotopic (exact) mass is 389 g/mol. The van der Waals surface area contributed by atoms with Gasteiger partial charge >= 0.3 is 0 Å². The number of halogens is 4. The summed E-state index contributed by atoms with van der Waals surface area (Å²) in [6.45, 7) is -0.624. The molecule has 0 atom stereocenters. The molecule has 0 heterocycles. The van der Waals surface area contributed by atoms with Gasteiger partial charge in [0.2, 0.25) is 0 Å². The average Bonchev–Trinajstić information content (AvgIpc) is 2.18. The third kappa shape index (κ3) is 4.02. The van der Waals surface area contributed by atoms with E-state index in [0.717, 1.165) is 8.04 Å². The van der Waals surface area contributed by atoms with Crippen LogP contribution in [0, 0.1) is 3.57 Å². The molecule has 0 aliphatic rings. The predicted octanol–water partition coefficient (Wildman–Crippen LogP) is 3.05. The lowest BCUT2D eigenvalue weighted by Gasteiger charge is -2.06. The van der Waals surface area contributed by atoms with Crippen molar-refractivity contribution in [2.45, 2.75) is 6.43 Å². The molecule has 15 heavy (non-hydrogen) atoms. The van der Waals surface area contributed by atoms with Gasteiger partial charge in [0, 0.05) is 8.04 Å². The van der Waals surface area contributed by atoms with E-state index >= 15 is 0 Å². The standard InChI is InChI=1S/C9H7BrF2INO/c10-5-1-2-7(13)6(3-5)9(15)14-4-8(11)12/h1-3,8H,4H2,(H,14,15). The van der Waals surface area contributed by atoms with Gasteiger partial charge in [0.15, 0.2) is 0 Å². The summed E-state index contributed by atoms with van der Waals surface area (Å²) >= 11 is 5.19. The minimum Gasteiger partial charge on any atom is -0.346 e. The zero-order valence-electron chi connectivity index (χ0n) is 7.44. The van der Waals surface area contributed by atoms with Crippen molar-refractivity contribution >= 4 is 44.4 Å². The molecule has 0 unspecified atom stereocenters. The van der Waals surface area contributed by atoms with Crippen LogP contribution in [0.25, 0.3) is 0 Å². The van der Waals surface area contributed by atoms with E-state index in [0.29, 0.717) is 5.56 Å². The molecule has 2 nitrogen and oxygen atoms in total. The van der Waals surface area contributed by atoms with E-state index in [-0.39, 0.29) is 0 Å². The number of benzene rings is 1. The Morgan fingerprint density at radius 2 is 2.20 bits per heavy atom. The van der Waals surface area contributed by atoms with E-state index in [9.17, 15) is 13.6 Å². The lowest BCUT2D eigenvalue weighted by atomic mass is 10.2. The number of carbonyl (C=O) groups excluding carboxylic acids is 1. The Labute approximate surface area is 108 Å². The summed E-state index contributed by atoms with van der Waals surface area (Å²) in [5.74, 6) is -0.485. The maximum Gasteiger partial charge on any atom is 0.255 e. The van der Waals surface area contributed by atoms with Gasteiger partial charge in [-0.1, -0.05) is 15.9 Å². The summed E-state index contributed by atoms with van der Waals surface area (Å²) in [4.78, 5) is 11.5. The molecule has 0 bridgehead atoms. The maximum atomic E-state index is 11.9. The van der Waals surface area contributed by atoms with Crippen molar-refractivity contribution in [3.05, 3.63) is 31.8 Å². The van der Waals surface area contributed by atoms with Gasteiger partial charge in [-0.25, -0.2) is 8.78 Å². The topological polar surface area (TPSA) is 29.1 Å². The van der Waals surface area contributed by atoms with Gasteiger partial charge in [0.05, 0.1) is 12.1 Å². The molecular weight excluding hydrogens is 383 g/mol. The minimum absolute atomic E-state index is 0.394. The number of hydrogen-bond donors (Lipinski definition) is 1. The molecule has 0 saturated carbocycles. The van der Waals surface area contributed by atoms with Crippen LogP contribution in [0.5, 0.6) is 0 Å². The summed E-state index contributed by atoms with van der Waals surface area (Å²) in [6.07, 6.45) is -2.53. The fourth-order valence-corrected chi connectivity index (χ4v) is 1.88. The smallest absolute Gasteiger partial charge is 0.255 e. The highest BCUT2D eigenvalue weighted by atomic mass is 127. The Morgan fingerprint density at radius 3 is 2.80 bits per heavy atom. The number of alkyl halides is 2. The van der Waals surface area contributed by atoms with Gasteiger partial charge in [0.1, 0.15) is 0 Å². The highest BCUT2D eigenvalue weighted by Crippen LogP contribution is 2.18. The van der Waals surface area contributed by atoms with Gasteiger partial charge in [-0.15, -0.1) is 0 Å². The third-order valence-corrected chi connectivity index (χ3v) is 3.02. The molecule has 0 radical (unpaired) electrons. The normalized spacial score (nSPS) is 10.5. The SMILES string of the molecule is O=C(NCC(F)F)c1cc(Br)ccc1I. The van der Waals surface area contributed by atoms with E-state index < -0.39 is 18.9 Å². The second-order valence-electron chi connectivity index (χ2n) is 2.73. The van der Waals surface area contributed by atoms with E-state index in [4.69, 9.17) is 0 Å². The molecule has 1 N–H and O–H groups in total. The van der Waals surface area contributed by atoms with Crippen LogP contribution < -0.4 is 5.32 Å². The number of amides is 1. The van der Waals surface area contributed by atoms with Crippen molar-refractivity contribution in [1.29, 1.82) is 0 Å². The van der Waals surface area contributed by atoms with Crippen LogP contribution >= 0.6 is 38.5 Å². The molecule has 0 aliphatic heterocycles. The fraction of sp³-hybridized carbons (Fsp3) is 0.222. The first-order valence-electron chi connectivity index (χ1n) is 4.02. The molecule has 0 fully saturated rings.